The van der Waals surface area contributed by atoms with Gasteiger partial charge in [-0.15, -0.1) is 0 Å². The number of fused-ring (bicyclic) bond motifs is 1. The maximum Gasteiger partial charge on any atom is 0.341 e. The van der Waals surface area contributed by atoms with Crippen molar-refractivity contribution in [1.29, 1.82) is 0 Å². The molecule has 1 fully saturated rings. The van der Waals surface area contributed by atoms with E-state index in [1.807, 2.05) is 6.07 Å². The third-order valence-electron chi connectivity index (χ3n) is 5.57. The Labute approximate surface area is 157 Å². The van der Waals surface area contributed by atoms with E-state index in [0.717, 1.165) is 29.3 Å². The van der Waals surface area contributed by atoms with Gasteiger partial charge in [-0.05, 0) is 36.3 Å². The average molecular weight is 381 g/mol. The van der Waals surface area contributed by atoms with E-state index in [0.29, 0.717) is 18.1 Å². The van der Waals surface area contributed by atoms with E-state index < -0.39 is 6.10 Å². The summed E-state index contributed by atoms with van der Waals surface area (Å²) >= 11 is 6.23. The van der Waals surface area contributed by atoms with Gasteiger partial charge in [0.05, 0.1) is 24.9 Å². The fourth-order valence-electron chi connectivity index (χ4n) is 3.87. The van der Waals surface area contributed by atoms with E-state index in [-0.39, 0.29) is 17.4 Å². The number of amides is 2. The van der Waals surface area contributed by atoms with E-state index in [4.69, 9.17) is 11.6 Å². The molecule has 0 unspecified atom stereocenters. The molecular weight excluding hydrogens is 356 g/mol. The number of nitrogens with zero attached hydrogens (tertiary/aromatic N) is 2. The maximum atomic E-state index is 11.9. The number of hydrogen-bond acceptors (Lipinski definition) is 4. The lowest BCUT2D eigenvalue weighted by Gasteiger charge is -2.43. The lowest BCUT2D eigenvalue weighted by molar-refractivity contribution is -0.0165. The molecule has 2 aromatic rings. The van der Waals surface area contributed by atoms with Gasteiger partial charge in [-0.25, -0.2) is 10.3 Å². The summed E-state index contributed by atoms with van der Waals surface area (Å²) in [7, 11) is 1.42. The van der Waals surface area contributed by atoms with Gasteiger partial charge in [-0.3, -0.25) is 9.94 Å². The molecule has 0 spiro atoms. The molecule has 2 heterocycles. The first-order valence-corrected chi connectivity index (χ1v) is 9.11. The lowest BCUT2D eigenvalue weighted by Crippen LogP contribution is -2.47. The van der Waals surface area contributed by atoms with Gasteiger partial charge >= 0.3 is 6.03 Å². The number of carbonyl (C=O) groups excluding carboxylic acids is 1. The second-order valence-electron chi connectivity index (χ2n) is 7.43. The molecule has 1 atom stereocenters. The quantitative estimate of drug-likeness (QED) is 0.710. The molecule has 142 valence electrons. The van der Waals surface area contributed by atoms with Crippen molar-refractivity contribution in [1.82, 2.24) is 20.6 Å². The Hall–Kier alpha value is -1.83. The van der Waals surface area contributed by atoms with Crippen LogP contribution in [0.5, 0.6) is 0 Å². The number of piperidine rings is 1. The number of H-pyrrole nitrogens is 1. The minimum Gasteiger partial charge on any atom is -0.388 e. The van der Waals surface area contributed by atoms with Gasteiger partial charge in [0.2, 0.25) is 0 Å². The van der Waals surface area contributed by atoms with Gasteiger partial charge < -0.3 is 10.0 Å². The molecule has 1 aliphatic heterocycles. The van der Waals surface area contributed by atoms with Crippen molar-refractivity contribution < 1.29 is 14.7 Å². The molecular formula is C18H25ClN4O3. The van der Waals surface area contributed by atoms with Crippen molar-refractivity contribution in [2.45, 2.75) is 32.8 Å². The minimum atomic E-state index is -0.700. The van der Waals surface area contributed by atoms with Gasteiger partial charge in [0.25, 0.3) is 0 Å². The molecule has 2 amide bonds. The fourth-order valence-corrected chi connectivity index (χ4v) is 4.10. The average Bonchev–Trinajstić information content (AvgIpc) is 3.09. The van der Waals surface area contributed by atoms with E-state index in [1.54, 1.807) is 17.2 Å². The highest BCUT2D eigenvalue weighted by Crippen LogP contribution is 2.46. The highest BCUT2D eigenvalue weighted by molar-refractivity contribution is 6.31. The summed E-state index contributed by atoms with van der Waals surface area (Å²) in [4.78, 5) is 18.3. The molecule has 1 aliphatic rings. The van der Waals surface area contributed by atoms with E-state index in [9.17, 15) is 9.90 Å². The van der Waals surface area contributed by atoms with Gasteiger partial charge in [0.1, 0.15) is 0 Å². The number of carbonyl (C=O) groups is 1. The lowest BCUT2D eigenvalue weighted by atomic mass is 9.68. The summed E-state index contributed by atoms with van der Waals surface area (Å²) < 4.78 is 0. The normalized spacial score (nSPS) is 17.5. The Morgan fingerprint density at radius 2 is 2.15 bits per heavy atom. The van der Waals surface area contributed by atoms with Crippen LogP contribution in [0.3, 0.4) is 0 Å². The number of benzene rings is 1. The van der Waals surface area contributed by atoms with Crippen LogP contribution in [0.25, 0.3) is 10.9 Å². The van der Waals surface area contributed by atoms with Crippen LogP contribution >= 0.6 is 11.6 Å². The first-order chi connectivity index (χ1) is 12.3. The zero-order chi connectivity index (χ0) is 18.9. The Kier molecular flexibility index (Phi) is 5.41. The number of likely N-dealkylation sites (tertiary alicyclic amines) is 1. The van der Waals surface area contributed by atoms with Crippen molar-refractivity contribution in [3.63, 3.8) is 0 Å². The van der Waals surface area contributed by atoms with Crippen molar-refractivity contribution in [3.05, 3.63) is 28.9 Å². The van der Waals surface area contributed by atoms with Crippen LogP contribution in [0.4, 0.5) is 4.79 Å². The third-order valence-corrected chi connectivity index (χ3v) is 5.79. The summed E-state index contributed by atoms with van der Waals surface area (Å²) in [5.41, 5.74) is 3.54. The summed E-state index contributed by atoms with van der Waals surface area (Å²) in [5.74, 6) is 0.265. The molecule has 26 heavy (non-hydrogen) atoms. The molecule has 3 N–H and O–H groups in total. The van der Waals surface area contributed by atoms with Crippen molar-refractivity contribution in [3.8, 4) is 0 Å². The molecule has 1 aromatic heterocycles. The predicted octanol–water partition coefficient (Wildman–Crippen LogP) is 3.26. The first-order valence-electron chi connectivity index (χ1n) is 8.73. The first kappa shape index (κ1) is 18.9. The van der Waals surface area contributed by atoms with E-state index in [1.165, 1.54) is 7.11 Å². The molecule has 8 heteroatoms. The molecule has 0 bridgehead atoms. The fraction of sp³-hybridized carbons (Fsp3) is 0.556. The van der Waals surface area contributed by atoms with Crippen molar-refractivity contribution in [2.24, 2.45) is 11.3 Å². The third kappa shape index (κ3) is 3.51. The summed E-state index contributed by atoms with van der Waals surface area (Å²) in [5, 5.41) is 19.7. The maximum absolute atomic E-state index is 11.9. The molecule has 0 radical (unpaired) electrons. The monoisotopic (exact) mass is 380 g/mol. The second kappa shape index (κ2) is 7.42. The zero-order valence-corrected chi connectivity index (χ0v) is 16.0. The Morgan fingerprint density at radius 1 is 1.46 bits per heavy atom. The number of aliphatic hydroxyl groups is 1. The van der Waals surface area contributed by atoms with Crippen LogP contribution in [0, 0.1) is 11.3 Å². The van der Waals surface area contributed by atoms with Crippen molar-refractivity contribution >= 4 is 28.5 Å². The van der Waals surface area contributed by atoms with Gasteiger partial charge in [0, 0.05) is 29.1 Å². The largest absolute Gasteiger partial charge is 0.388 e. The number of urea groups is 1. The highest BCUT2D eigenvalue weighted by Gasteiger charge is 2.40. The number of nitrogens with one attached hydrogen (secondary N) is 2. The van der Waals surface area contributed by atoms with Crippen LogP contribution in [0.2, 0.25) is 5.02 Å². The predicted molar refractivity (Wildman–Crippen MR) is 99.7 cm³/mol. The van der Waals surface area contributed by atoms with Crippen LogP contribution < -0.4 is 5.48 Å². The molecule has 1 saturated heterocycles. The van der Waals surface area contributed by atoms with Crippen molar-refractivity contribution in [2.75, 3.05) is 20.2 Å². The highest BCUT2D eigenvalue weighted by atomic mass is 35.5. The number of aromatic amines is 1. The van der Waals surface area contributed by atoms with Crippen LogP contribution in [0.15, 0.2) is 18.3 Å². The summed E-state index contributed by atoms with van der Waals surface area (Å²) in [6.07, 6.45) is 2.63. The molecule has 3 rings (SSSR count). The number of aliphatic hydroxyl groups excluding tert-OH is 1. The van der Waals surface area contributed by atoms with Crippen LogP contribution in [-0.4, -0.2) is 46.4 Å². The topological polar surface area (TPSA) is 90.5 Å². The Balaban J connectivity index is 1.77. The second-order valence-corrected chi connectivity index (χ2v) is 7.86. The van der Waals surface area contributed by atoms with Gasteiger partial charge in [-0.2, -0.15) is 5.10 Å². The van der Waals surface area contributed by atoms with E-state index in [2.05, 4.69) is 34.4 Å². The molecule has 1 aromatic carbocycles. The van der Waals surface area contributed by atoms with Crippen LogP contribution in [0.1, 0.15) is 38.4 Å². The summed E-state index contributed by atoms with van der Waals surface area (Å²) in [6, 6.07) is 3.41. The van der Waals surface area contributed by atoms with E-state index >= 15 is 0 Å². The Bertz CT molecular complexity index is 784. The number of halogens is 1. The smallest absolute Gasteiger partial charge is 0.341 e. The minimum absolute atomic E-state index is 0.224. The number of hydroxylamine groups is 1. The number of aromatic nitrogens is 2. The number of hydrogen-bond donors (Lipinski definition) is 3. The van der Waals surface area contributed by atoms with Gasteiger partial charge in [0.15, 0.2) is 0 Å². The molecule has 0 saturated carbocycles. The van der Waals surface area contributed by atoms with Gasteiger partial charge in [-0.1, -0.05) is 25.4 Å². The van der Waals surface area contributed by atoms with Crippen LogP contribution in [-0.2, 0) is 4.84 Å². The molecule has 7 nitrogen and oxygen atoms in total. The zero-order valence-electron chi connectivity index (χ0n) is 15.3. The molecule has 0 aliphatic carbocycles. The Morgan fingerprint density at radius 3 is 2.81 bits per heavy atom. The SMILES string of the molecule is CONC(=O)N1CCC(C(C)(C)[C@H](O)c2cc(Cl)cc3cn[nH]c23)CC1. The summed E-state index contributed by atoms with van der Waals surface area (Å²) in [6.45, 7) is 5.39. The number of rotatable bonds is 4. The standard InChI is InChI=1S/C18H25ClN4O3/c1-18(2,12-4-6-23(7-5-12)17(25)22-26-3)16(24)14-9-13(19)8-11-10-20-21-15(11)14/h8-10,12,16,24H,4-7H2,1-3H3,(H,20,21)(H,22,25)/t16-/m1/s1.